The van der Waals surface area contributed by atoms with Gasteiger partial charge in [-0.3, -0.25) is 14.6 Å². The van der Waals surface area contributed by atoms with Crippen molar-refractivity contribution in [2.75, 3.05) is 20.8 Å². The number of unbranched alkanes of at least 4 members (excludes halogenated alkanes) is 7. The van der Waals surface area contributed by atoms with E-state index in [1.54, 1.807) is 25.4 Å². The Morgan fingerprint density at radius 2 is 1.45 bits per heavy atom. The second-order valence-corrected chi connectivity index (χ2v) is 7.97. The molecule has 0 aromatic carbocycles. The average Bonchev–Trinajstić information content (AvgIpc) is 2.77. The number of allylic oxidation sites excluding steroid dienone is 2. The molecule has 1 heterocycles. The van der Waals surface area contributed by atoms with Gasteiger partial charge in [0.2, 0.25) is 23.1 Å². The lowest BCUT2D eigenvalue weighted by molar-refractivity contribution is -0.121. The van der Waals surface area contributed by atoms with E-state index in [4.69, 9.17) is 25.8 Å². The number of carbonyl (C=O) groups is 2. The first-order chi connectivity index (χ1) is 15.0. The molecule has 1 aliphatic carbocycles. The van der Waals surface area contributed by atoms with Crippen LogP contribution in [0.1, 0.15) is 64.7 Å². The van der Waals surface area contributed by atoms with Crippen LogP contribution in [-0.4, -0.2) is 37.4 Å². The largest absolute Gasteiger partial charge is 0.492 e. The number of ketones is 2. The number of carbonyl (C=O) groups excluding carboxylic acids is 2. The maximum Gasteiger partial charge on any atom is 0.228 e. The number of hydrogen-bond donors (Lipinski definition) is 0. The molecule has 0 spiro atoms. The fourth-order valence-corrected chi connectivity index (χ4v) is 3.79. The van der Waals surface area contributed by atoms with Crippen LogP contribution in [0.5, 0.6) is 5.75 Å². The minimum atomic E-state index is -0.260. The molecule has 0 aliphatic heterocycles. The summed E-state index contributed by atoms with van der Waals surface area (Å²) in [6, 6.07) is 1.78. The fourth-order valence-electron chi connectivity index (χ4n) is 3.62. The Kier molecular flexibility index (Phi) is 10.6. The molecule has 2 rings (SSSR count). The second kappa shape index (κ2) is 13.2. The summed E-state index contributed by atoms with van der Waals surface area (Å²) in [6.45, 7) is 2.35. The first-order valence-electron chi connectivity index (χ1n) is 10.8. The van der Waals surface area contributed by atoms with Gasteiger partial charge < -0.3 is 14.2 Å². The number of aromatic nitrogens is 1. The Morgan fingerprint density at radius 1 is 0.871 bits per heavy atom. The zero-order valence-corrected chi connectivity index (χ0v) is 19.4. The summed E-state index contributed by atoms with van der Waals surface area (Å²) in [5.41, 5.74) is 1.02. The van der Waals surface area contributed by atoms with Gasteiger partial charge in [0.15, 0.2) is 0 Å². The van der Waals surface area contributed by atoms with Gasteiger partial charge in [-0.05, 0) is 26.2 Å². The fraction of sp³-hybridized carbons (Fsp3) is 0.542. The van der Waals surface area contributed by atoms with Gasteiger partial charge >= 0.3 is 0 Å². The molecule has 0 fully saturated rings. The highest BCUT2D eigenvalue weighted by atomic mass is 35.5. The first kappa shape index (κ1) is 24.9. The molecule has 6 nitrogen and oxygen atoms in total. The van der Waals surface area contributed by atoms with E-state index in [1.165, 1.54) is 33.5 Å². The van der Waals surface area contributed by atoms with Crippen molar-refractivity contribution in [3.8, 4) is 5.75 Å². The number of halogens is 1. The smallest absolute Gasteiger partial charge is 0.228 e. The number of Topliss-reactive ketones (excluding diaryl/α,β-unsaturated/α-hetero) is 2. The van der Waals surface area contributed by atoms with Crippen molar-refractivity contribution < 1.29 is 23.8 Å². The summed E-state index contributed by atoms with van der Waals surface area (Å²) < 4.78 is 15.8. The minimum Gasteiger partial charge on any atom is -0.492 e. The molecule has 0 bridgehead atoms. The van der Waals surface area contributed by atoms with E-state index in [-0.39, 0.29) is 23.1 Å². The molecule has 31 heavy (non-hydrogen) atoms. The van der Waals surface area contributed by atoms with E-state index in [0.717, 1.165) is 32.1 Å². The Balaban J connectivity index is 1.56. The predicted molar refractivity (Wildman–Crippen MR) is 120 cm³/mol. The Labute approximate surface area is 189 Å². The topological polar surface area (TPSA) is 74.7 Å². The molecule has 1 aromatic rings. The van der Waals surface area contributed by atoms with Gasteiger partial charge in [0, 0.05) is 29.6 Å². The maximum absolute atomic E-state index is 12.6. The number of hydrogen-bond acceptors (Lipinski definition) is 6. The van der Waals surface area contributed by atoms with E-state index < -0.39 is 0 Å². The monoisotopic (exact) mass is 449 g/mol. The molecule has 1 aliphatic rings. The van der Waals surface area contributed by atoms with Crippen molar-refractivity contribution in [3.63, 3.8) is 0 Å². The minimum absolute atomic E-state index is 0.00280. The van der Waals surface area contributed by atoms with Gasteiger partial charge in [-0.1, -0.05) is 50.1 Å². The van der Waals surface area contributed by atoms with Crippen molar-refractivity contribution >= 4 is 23.2 Å². The predicted octanol–water partition coefficient (Wildman–Crippen LogP) is 5.60. The molecule has 1 aromatic heterocycles. The molecule has 170 valence electrons. The zero-order valence-electron chi connectivity index (χ0n) is 18.7. The van der Waals surface area contributed by atoms with Crippen molar-refractivity contribution in [2.45, 2.75) is 64.7 Å². The van der Waals surface area contributed by atoms with Gasteiger partial charge in [-0.2, -0.15) is 0 Å². The highest BCUT2D eigenvalue weighted by Gasteiger charge is 2.34. The zero-order chi connectivity index (χ0) is 22.6. The van der Waals surface area contributed by atoms with Crippen LogP contribution < -0.4 is 4.74 Å². The number of rotatable bonds is 14. The normalized spacial score (nSPS) is 14.3. The molecule has 7 heteroatoms. The van der Waals surface area contributed by atoms with E-state index in [0.29, 0.717) is 34.9 Å². The van der Waals surface area contributed by atoms with Crippen LogP contribution in [0.25, 0.3) is 0 Å². The van der Waals surface area contributed by atoms with Crippen LogP contribution in [-0.2, 0) is 19.1 Å². The number of pyridine rings is 1. The quantitative estimate of drug-likeness (QED) is 0.272. The average molecular weight is 450 g/mol. The third-order valence-corrected chi connectivity index (χ3v) is 5.69. The summed E-state index contributed by atoms with van der Waals surface area (Å²) in [5, 5.41) is 0.543. The van der Waals surface area contributed by atoms with Gasteiger partial charge in [0.25, 0.3) is 0 Å². The number of ether oxygens (including phenoxy) is 3. The molecule has 0 radical (unpaired) electrons. The first-order valence-corrected chi connectivity index (χ1v) is 11.2. The number of nitrogens with zero attached hydrogens (tertiary/aromatic N) is 1. The molecular weight excluding hydrogens is 418 g/mol. The molecule has 0 unspecified atom stereocenters. The molecule has 0 saturated carbocycles. The van der Waals surface area contributed by atoms with Crippen LogP contribution in [0.15, 0.2) is 41.1 Å². The standard InChI is InChI=1S/C24H32ClNO5/c1-17-18(22(28)24(30-3)23(29-2)21(17)27)12-10-8-6-4-5-7-9-11-15-31-20-13-14-26-16-19(20)25/h13-14,16H,4-12,15H2,1-3H3. The lowest BCUT2D eigenvalue weighted by Crippen LogP contribution is -2.25. The summed E-state index contributed by atoms with van der Waals surface area (Å²) in [6.07, 6.45) is 12.5. The molecule has 0 N–H and O–H groups in total. The molecule has 0 atom stereocenters. The lowest BCUT2D eigenvalue weighted by atomic mass is 9.89. The van der Waals surface area contributed by atoms with Crippen molar-refractivity contribution in [2.24, 2.45) is 0 Å². The van der Waals surface area contributed by atoms with E-state index in [1.807, 2.05) is 0 Å². The Bertz CT molecular complexity index is 831. The maximum atomic E-state index is 12.6. The molecule has 0 amide bonds. The summed E-state index contributed by atoms with van der Waals surface area (Å²) in [4.78, 5) is 28.9. The van der Waals surface area contributed by atoms with Crippen LogP contribution in [0.3, 0.4) is 0 Å². The van der Waals surface area contributed by atoms with Gasteiger partial charge in [0.05, 0.1) is 20.8 Å². The summed E-state index contributed by atoms with van der Waals surface area (Å²) >= 11 is 6.01. The van der Waals surface area contributed by atoms with Gasteiger partial charge in [-0.15, -0.1) is 0 Å². The number of methoxy groups -OCH3 is 2. The summed E-state index contributed by atoms with van der Waals surface area (Å²) in [5.74, 6) is 0.217. The van der Waals surface area contributed by atoms with E-state index in [2.05, 4.69) is 4.98 Å². The van der Waals surface area contributed by atoms with Crippen LogP contribution in [0.4, 0.5) is 0 Å². The van der Waals surface area contributed by atoms with Crippen LogP contribution >= 0.6 is 11.6 Å². The third-order valence-electron chi connectivity index (χ3n) is 5.41. The van der Waals surface area contributed by atoms with Crippen molar-refractivity contribution in [3.05, 3.63) is 46.1 Å². The van der Waals surface area contributed by atoms with E-state index in [9.17, 15) is 9.59 Å². The van der Waals surface area contributed by atoms with Gasteiger partial charge in [0.1, 0.15) is 10.8 Å². The SMILES string of the molecule is COC1=C(OC)C(=O)C(CCCCCCCCCCOc2ccncc2Cl)=C(C)C1=O. The molecular formula is C24H32ClNO5. The molecule has 0 saturated heterocycles. The third kappa shape index (κ3) is 7.10. The Hall–Kier alpha value is -2.34. The highest BCUT2D eigenvalue weighted by molar-refractivity contribution is 6.31. The Morgan fingerprint density at radius 3 is 2.06 bits per heavy atom. The second-order valence-electron chi connectivity index (χ2n) is 7.56. The van der Waals surface area contributed by atoms with Crippen molar-refractivity contribution in [1.82, 2.24) is 4.98 Å². The highest BCUT2D eigenvalue weighted by Crippen LogP contribution is 2.29. The lowest BCUT2D eigenvalue weighted by Gasteiger charge is -2.20. The van der Waals surface area contributed by atoms with Gasteiger partial charge in [-0.25, -0.2) is 0 Å². The van der Waals surface area contributed by atoms with Crippen molar-refractivity contribution in [1.29, 1.82) is 0 Å². The van der Waals surface area contributed by atoms with E-state index >= 15 is 0 Å². The van der Waals surface area contributed by atoms with Crippen LogP contribution in [0.2, 0.25) is 5.02 Å². The summed E-state index contributed by atoms with van der Waals surface area (Å²) in [7, 11) is 2.76. The van der Waals surface area contributed by atoms with Crippen LogP contribution in [0, 0.1) is 0 Å².